The minimum Gasteiger partial charge on any atom is -0.493 e. The lowest BCUT2D eigenvalue weighted by atomic mass is 9.92. The van der Waals surface area contributed by atoms with Gasteiger partial charge in [-0.1, -0.05) is 18.2 Å². The standard InChI is InChI=1S/C35H32N4O8/c1-45-31-17-24-27(18-32(31)46-15-13-22(41)20-40)36-14-12-30(24)47-23-10-11-33(37-19-23)38-34(43)26-16-25-28(8-5-9-29(25)42)39(35(26)44)21-6-3-2-4-7-21/h2-4,6-7,10-12,14,16-19,22,40-41H,5,8-9,13,15,20H2,1H3,(H,37,38,43)/t22-/m0/s1. The van der Waals surface area contributed by atoms with Crippen molar-refractivity contribution in [3.63, 3.8) is 0 Å². The molecule has 0 saturated heterocycles. The molecule has 0 radical (unpaired) electrons. The summed E-state index contributed by atoms with van der Waals surface area (Å²) in [6.45, 7) is -0.183. The van der Waals surface area contributed by atoms with E-state index in [1.54, 1.807) is 60.8 Å². The molecule has 0 aliphatic heterocycles. The fourth-order valence-corrected chi connectivity index (χ4v) is 5.42. The van der Waals surface area contributed by atoms with Gasteiger partial charge in [0.2, 0.25) is 0 Å². The number of ketones is 1. The van der Waals surface area contributed by atoms with Crippen molar-refractivity contribution in [1.29, 1.82) is 0 Å². The summed E-state index contributed by atoms with van der Waals surface area (Å²) < 4.78 is 18.8. The average molecular weight is 637 g/mol. The van der Waals surface area contributed by atoms with Crippen LogP contribution in [-0.2, 0) is 6.42 Å². The number of aliphatic hydroxyl groups excluding tert-OH is 2. The highest BCUT2D eigenvalue weighted by molar-refractivity contribution is 6.06. The van der Waals surface area contributed by atoms with Crippen LogP contribution in [0.4, 0.5) is 5.82 Å². The number of anilines is 1. The molecule has 0 bridgehead atoms. The molecular formula is C35H32N4O8. The van der Waals surface area contributed by atoms with Crippen LogP contribution in [0.25, 0.3) is 16.6 Å². The number of nitrogens with one attached hydrogen (secondary N) is 1. The Balaban J connectivity index is 1.22. The molecule has 1 aliphatic carbocycles. The molecule has 0 saturated carbocycles. The minimum absolute atomic E-state index is 0.104. The van der Waals surface area contributed by atoms with Gasteiger partial charge in [0.1, 0.15) is 22.9 Å². The zero-order valence-corrected chi connectivity index (χ0v) is 25.5. The van der Waals surface area contributed by atoms with E-state index in [9.17, 15) is 19.5 Å². The molecule has 0 spiro atoms. The molecule has 1 aliphatic rings. The highest BCUT2D eigenvalue weighted by atomic mass is 16.5. The van der Waals surface area contributed by atoms with Crippen molar-refractivity contribution in [2.24, 2.45) is 0 Å². The second-order valence-electron chi connectivity index (χ2n) is 10.9. The first-order valence-electron chi connectivity index (χ1n) is 15.1. The molecule has 240 valence electrons. The molecule has 12 nitrogen and oxygen atoms in total. The lowest BCUT2D eigenvalue weighted by molar-refractivity contribution is 0.0750. The topological polar surface area (TPSA) is 162 Å². The lowest BCUT2D eigenvalue weighted by Gasteiger charge is -2.21. The zero-order chi connectivity index (χ0) is 32.9. The Morgan fingerprint density at radius 2 is 1.83 bits per heavy atom. The number of aliphatic hydroxyl groups is 2. The summed E-state index contributed by atoms with van der Waals surface area (Å²) >= 11 is 0. The van der Waals surface area contributed by atoms with Crippen molar-refractivity contribution >= 4 is 28.4 Å². The van der Waals surface area contributed by atoms with E-state index in [2.05, 4.69) is 15.3 Å². The van der Waals surface area contributed by atoms with E-state index < -0.39 is 17.6 Å². The molecule has 47 heavy (non-hydrogen) atoms. The van der Waals surface area contributed by atoms with Crippen molar-refractivity contribution in [3.05, 3.63) is 106 Å². The molecule has 1 atom stereocenters. The minimum atomic E-state index is -0.877. The summed E-state index contributed by atoms with van der Waals surface area (Å²) in [5.74, 6) is 1.10. The number of hydrogen-bond acceptors (Lipinski definition) is 10. The number of ether oxygens (including phenoxy) is 3. The van der Waals surface area contributed by atoms with Gasteiger partial charge in [-0.25, -0.2) is 4.98 Å². The van der Waals surface area contributed by atoms with Crippen LogP contribution in [0.1, 0.15) is 45.7 Å². The summed E-state index contributed by atoms with van der Waals surface area (Å²) in [7, 11) is 1.50. The number of para-hydroxylation sites is 1. The molecule has 3 heterocycles. The monoisotopic (exact) mass is 636 g/mol. The highest BCUT2D eigenvalue weighted by Gasteiger charge is 2.26. The number of methoxy groups -OCH3 is 1. The Bertz CT molecular complexity index is 1990. The fraction of sp³-hybridized carbons (Fsp3) is 0.229. The summed E-state index contributed by atoms with van der Waals surface area (Å²) in [5, 5.41) is 21.9. The maximum absolute atomic E-state index is 13.6. The van der Waals surface area contributed by atoms with E-state index >= 15 is 0 Å². The number of carbonyl (C=O) groups excluding carboxylic acids is 2. The Labute approximate surface area is 269 Å². The Kier molecular flexibility index (Phi) is 9.23. The third kappa shape index (κ3) is 6.69. The van der Waals surface area contributed by atoms with E-state index in [0.717, 1.165) is 0 Å². The van der Waals surface area contributed by atoms with Crippen LogP contribution in [0.2, 0.25) is 0 Å². The van der Waals surface area contributed by atoms with Crippen molar-refractivity contribution in [2.45, 2.75) is 31.8 Å². The number of pyridine rings is 3. The van der Waals surface area contributed by atoms with Crippen LogP contribution < -0.4 is 25.1 Å². The SMILES string of the molecule is COc1cc2c(Oc3ccc(NC(=O)c4cc5c(n(-c6ccccc6)c4=O)CCCC5=O)nc3)ccnc2cc1OCC[C@H](O)CO. The van der Waals surface area contributed by atoms with E-state index in [1.165, 1.54) is 23.9 Å². The molecule has 1 amide bonds. The largest absolute Gasteiger partial charge is 0.493 e. The van der Waals surface area contributed by atoms with Gasteiger partial charge in [0.05, 0.1) is 38.1 Å². The normalized spacial score (nSPS) is 13.1. The van der Waals surface area contributed by atoms with Gasteiger partial charge in [-0.05, 0) is 55.3 Å². The highest BCUT2D eigenvalue weighted by Crippen LogP contribution is 2.37. The molecule has 0 unspecified atom stereocenters. The molecule has 12 heteroatoms. The van der Waals surface area contributed by atoms with E-state index in [-0.39, 0.29) is 36.8 Å². The number of Topliss-reactive ketones (excluding diaryl/α,β-unsaturated/α-hetero) is 1. The van der Waals surface area contributed by atoms with Crippen LogP contribution in [-0.4, -0.2) is 62.9 Å². The molecule has 3 N–H and O–H groups in total. The molecule has 6 rings (SSSR count). The average Bonchev–Trinajstić information content (AvgIpc) is 3.09. The fourth-order valence-electron chi connectivity index (χ4n) is 5.42. The number of carbonyl (C=O) groups is 2. The van der Waals surface area contributed by atoms with Gasteiger partial charge in [0, 0.05) is 47.4 Å². The summed E-state index contributed by atoms with van der Waals surface area (Å²) in [5.41, 5.74) is 1.47. The quantitative estimate of drug-likeness (QED) is 0.189. The van der Waals surface area contributed by atoms with Gasteiger partial charge in [-0.3, -0.25) is 23.9 Å². The molecule has 5 aromatic rings. The van der Waals surface area contributed by atoms with Crippen LogP contribution in [0.5, 0.6) is 23.0 Å². The number of aromatic nitrogens is 3. The van der Waals surface area contributed by atoms with E-state index in [1.807, 2.05) is 6.07 Å². The Morgan fingerprint density at radius 1 is 1.00 bits per heavy atom. The van der Waals surface area contributed by atoms with Crippen molar-refractivity contribution in [2.75, 3.05) is 25.6 Å². The van der Waals surface area contributed by atoms with Gasteiger partial charge in [0.25, 0.3) is 11.5 Å². The van der Waals surface area contributed by atoms with Crippen molar-refractivity contribution in [3.8, 4) is 28.7 Å². The van der Waals surface area contributed by atoms with Crippen molar-refractivity contribution < 1.29 is 34.0 Å². The molecule has 3 aromatic heterocycles. The first-order valence-corrected chi connectivity index (χ1v) is 15.1. The zero-order valence-electron chi connectivity index (χ0n) is 25.5. The van der Waals surface area contributed by atoms with E-state index in [0.29, 0.717) is 70.1 Å². The summed E-state index contributed by atoms with van der Waals surface area (Å²) in [6.07, 6.45) is 3.93. The number of benzene rings is 2. The number of amides is 1. The first-order chi connectivity index (χ1) is 22.9. The predicted octanol–water partition coefficient (Wildman–Crippen LogP) is 4.48. The summed E-state index contributed by atoms with van der Waals surface area (Å²) in [4.78, 5) is 48.5. The predicted molar refractivity (Wildman–Crippen MR) is 173 cm³/mol. The molecule has 2 aromatic carbocycles. The van der Waals surface area contributed by atoms with Crippen LogP contribution >= 0.6 is 0 Å². The van der Waals surface area contributed by atoms with Gasteiger partial charge in [-0.15, -0.1) is 0 Å². The second kappa shape index (κ2) is 13.8. The lowest BCUT2D eigenvalue weighted by Crippen LogP contribution is -2.33. The number of hydrogen-bond donors (Lipinski definition) is 3. The third-order valence-electron chi connectivity index (χ3n) is 7.79. The van der Waals surface area contributed by atoms with Crippen LogP contribution in [0.15, 0.2) is 83.9 Å². The number of nitrogens with zero attached hydrogens (tertiary/aromatic N) is 3. The third-order valence-corrected chi connectivity index (χ3v) is 7.79. The van der Waals surface area contributed by atoms with Crippen molar-refractivity contribution in [1.82, 2.24) is 14.5 Å². The number of fused-ring (bicyclic) bond motifs is 2. The number of rotatable bonds is 11. The van der Waals surface area contributed by atoms with Gasteiger partial charge >= 0.3 is 0 Å². The maximum Gasteiger partial charge on any atom is 0.268 e. The van der Waals surface area contributed by atoms with Gasteiger partial charge in [0.15, 0.2) is 17.3 Å². The smallest absolute Gasteiger partial charge is 0.268 e. The van der Waals surface area contributed by atoms with Gasteiger partial charge < -0.3 is 29.7 Å². The maximum atomic E-state index is 13.6. The summed E-state index contributed by atoms with van der Waals surface area (Å²) in [6, 6.07) is 18.6. The van der Waals surface area contributed by atoms with Crippen LogP contribution in [0.3, 0.4) is 0 Å². The van der Waals surface area contributed by atoms with Gasteiger partial charge in [-0.2, -0.15) is 0 Å². The van der Waals surface area contributed by atoms with Crippen LogP contribution in [0, 0.1) is 0 Å². The Morgan fingerprint density at radius 3 is 2.57 bits per heavy atom. The second-order valence-corrected chi connectivity index (χ2v) is 10.9. The van der Waals surface area contributed by atoms with E-state index in [4.69, 9.17) is 19.3 Å². The molecular weight excluding hydrogens is 604 g/mol. The molecule has 0 fully saturated rings. The first kappa shape index (κ1) is 31.4. The Hall–Kier alpha value is -5.59.